The van der Waals surface area contributed by atoms with Crippen molar-refractivity contribution in [3.63, 3.8) is 0 Å². The third kappa shape index (κ3) is 7.87. The quantitative estimate of drug-likeness (QED) is 0.277. The number of aliphatic hydroxyl groups excluding tert-OH is 1. The smallest absolute Gasteiger partial charge is 0.322 e. The number of piperidine rings is 1. The minimum absolute atomic E-state index is 0.0885. The first-order valence-corrected chi connectivity index (χ1v) is 16.8. The van der Waals surface area contributed by atoms with Crippen LogP contribution in [0.2, 0.25) is 0 Å². The number of nitrogens with zero attached hydrogens (tertiary/aromatic N) is 4. The van der Waals surface area contributed by atoms with Gasteiger partial charge in [0.25, 0.3) is 5.91 Å². The first-order chi connectivity index (χ1) is 22.3. The van der Waals surface area contributed by atoms with Crippen molar-refractivity contribution in [2.24, 2.45) is 5.73 Å². The Kier molecular flexibility index (Phi) is 10.4. The number of sulfonamides is 1. The summed E-state index contributed by atoms with van der Waals surface area (Å²) in [5.74, 6) is -2.35. The number of aromatic nitrogens is 1. The molecule has 2 aliphatic heterocycles. The molecule has 47 heavy (non-hydrogen) atoms. The van der Waals surface area contributed by atoms with Crippen LogP contribution in [0.4, 0.5) is 19.3 Å². The summed E-state index contributed by atoms with van der Waals surface area (Å²) in [4.78, 5) is 33.3. The zero-order chi connectivity index (χ0) is 33.9. The van der Waals surface area contributed by atoms with Gasteiger partial charge >= 0.3 is 6.03 Å². The van der Waals surface area contributed by atoms with Crippen molar-refractivity contribution >= 4 is 27.6 Å². The zero-order valence-corrected chi connectivity index (χ0v) is 27.0. The molecule has 3 heterocycles. The largest absolute Gasteiger partial charge is 0.439 e. The van der Waals surface area contributed by atoms with Crippen molar-refractivity contribution in [2.75, 3.05) is 38.0 Å². The van der Waals surface area contributed by atoms with Gasteiger partial charge in [0, 0.05) is 63.1 Å². The maximum Gasteiger partial charge on any atom is 0.322 e. The number of aryl methyl sites for hydroxylation is 1. The third-order valence-electron chi connectivity index (χ3n) is 8.36. The summed E-state index contributed by atoms with van der Waals surface area (Å²) in [5.41, 5.74) is 6.15. The molecule has 3 aromatic rings. The van der Waals surface area contributed by atoms with Gasteiger partial charge in [-0.2, -0.15) is 4.31 Å². The molecule has 4 N–H and O–H groups in total. The topological polar surface area (TPSA) is 158 Å². The molecule has 1 aromatic heterocycles. The number of carbonyl (C=O) groups is 2. The van der Waals surface area contributed by atoms with Crippen molar-refractivity contribution in [1.82, 2.24) is 19.1 Å². The van der Waals surface area contributed by atoms with Crippen molar-refractivity contribution in [1.29, 1.82) is 0 Å². The minimum Gasteiger partial charge on any atom is -0.439 e. The lowest BCUT2D eigenvalue weighted by molar-refractivity contribution is 0.0548. The van der Waals surface area contributed by atoms with E-state index in [0.29, 0.717) is 63.1 Å². The lowest BCUT2D eigenvalue weighted by Crippen LogP contribution is -2.53. The first-order valence-electron chi connectivity index (χ1n) is 15.4. The minimum atomic E-state index is -3.65. The second-order valence-corrected chi connectivity index (χ2v) is 13.7. The molecule has 15 heteroatoms. The number of hydrogen-bond acceptors (Lipinski definition) is 8. The summed E-state index contributed by atoms with van der Waals surface area (Å²) in [7, 11) is -3.65. The summed E-state index contributed by atoms with van der Waals surface area (Å²) in [5, 5.41) is 11.9. The van der Waals surface area contributed by atoms with E-state index in [1.165, 1.54) is 16.4 Å². The molecule has 2 fully saturated rings. The number of anilines is 1. The van der Waals surface area contributed by atoms with E-state index in [2.05, 4.69) is 15.2 Å². The monoisotopic (exact) mass is 672 g/mol. The van der Waals surface area contributed by atoms with Crippen LogP contribution in [-0.4, -0.2) is 89.4 Å². The summed E-state index contributed by atoms with van der Waals surface area (Å²) in [6.45, 7) is 6.49. The van der Waals surface area contributed by atoms with Gasteiger partial charge in [0.1, 0.15) is 17.4 Å². The Labute approximate surface area is 272 Å². The highest BCUT2D eigenvalue weighted by Crippen LogP contribution is 2.27. The number of likely N-dealkylation sites (tertiary alicyclic amines) is 1. The van der Waals surface area contributed by atoms with E-state index in [9.17, 15) is 31.9 Å². The van der Waals surface area contributed by atoms with Crippen LogP contribution in [0.3, 0.4) is 0 Å². The van der Waals surface area contributed by atoms with E-state index in [1.54, 1.807) is 23.1 Å². The number of aliphatic hydroxyl groups is 1. The average Bonchev–Trinajstić information content (AvgIpc) is 3.01. The fraction of sp³-hybridized carbons (Fsp3) is 0.406. The molecule has 0 aliphatic carbocycles. The molecule has 12 nitrogen and oxygen atoms in total. The molecule has 3 amide bonds. The number of carbonyl (C=O) groups excluding carboxylic acids is 2. The highest BCUT2D eigenvalue weighted by molar-refractivity contribution is 7.89. The van der Waals surface area contributed by atoms with Crippen LogP contribution in [0.15, 0.2) is 53.4 Å². The van der Waals surface area contributed by atoms with Crippen LogP contribution in [0.25, 0.3) is 0 Å². The highest BCUT2D eigenvalue weighted by atomic mass is 32.2. The summed E-state index contributed by atoms with van der Waals surface area (Å²) in [6.07, 6.45) is 1.42. The van der Waals surface area contributed by atoms with Crippen LogP contribution < -0.4 is 15.8 Å². The predicted molar refractivity (Wildman–Crippen MR) is 169 cm³/mol. The van der Waals surface area contributed by atoms with Crippen LogP contribution in [0, 0.1) is 18.6 Å². The molecule has 0 saturated carbocycles. The predicted octanol–water partition coefficient (Wildman–Crippen LogP) is 3.83. The first kappa shape index (κ1) is 34.2. The molecular weight excluding hydrogens is 634 g/mol. The summed E-state index contributed by atoms with van der Waals surface area (Å²) in [6, 6.07) is 10.6. The number of hydrogen-bond donors (Lipinski definition) is 3. The molecule has 0 radical (unpaired) electrons. The van der Waals surface area contributed by atoms with E-state index >= 15 is 0 Å². The van der Waals surface area contributed by atoms with Gasteiger partial charge in [0.2, 0.25) is 15.9 Å². The number of amides is 3. The fourth-order valence-electron chi connectivity index (χ4n) is 5.69. The third-order valence-corrected chi connectivity index (χ3v) is 10.2. The van der Waals surface area contributed by atoms with E-state index in [0.717, 1.165) is 17.3 Å². The number of pyridine rings is 1. The van der Waals surface area contributed by atoms with Gasteiger partial charge in [-0.25, -0.2) is 27.0 Å². The summed E-state index contributed by atoms with van der Waals surface area (Å²) < 4.78 is 60.6. The second kappa shape index (κ2) is 14.3. The van der Waals surface area contributed by atoms with Gasteiger partial charge in [-0.15, -0.1) is 0 Å². The van der Waals surface area contributed by atoms with E-state index in [4.69, 9.17) is 10.5 Å². The molecule has 0 atom stereocenters. The molecule has 252 valence electrons. The number of benzene rings is 2. The van der Waals surface area contributed by atoms with Crippen molar-refractivity contribution in [2.45, 2.75) is 56.7 Å². The molecule has 0 bridgehead atoms. The Morgan fingerprint density at radius 1 is 1.09 bits per heavy atom. The van der Waals surface area contributed by atoms with Crippen molar-refractivity contribution in [3.05, 3.63) is 77.0 Å². The SMILES string of the molecule is CCCN(C(=O)Nc1cc(C(N)=O)c(F)cc1F)C1CCN(Cc2ccc(Oc3ccc(S(=O)(=O)N4CC(O)C4)cc3)nc2C)CC1. The van der Waals surface area contributed by atoms with E-state index in [1.807, 2.05) is 19.9 Å². The Morgan fingerprint density at radius 3 is 2.36 bits per heavy atom. The van der Waals surface area contributed by atoms with Gasteiger partial charge in [-0.1, -0.05) is 13.0 Å². The number of nitrogens with one attached hydrogen (secondary N) is 1. The second-order valence-electron chi connectivity index (χ2n) is 11.8. The molecule has 0 unspecified atom stereocenters. The Balaban J connectivity index is 1.15. The number of halogens is 2. The maximum atomic E-state index is 14.4. The van der Waals surface area contributed by atoms with Crippen LogP contribution >= 0.6 is 0 Å². The molecule has 2 aromatic carbocycles. The maximum absolute atomic E-state index is 14.4. The molecule has 2 aliphatic rings. The van der Waals surface area contributed by atoms with Crippen molar-refractivity contribution < 1.29 is 36.6 Å². The number of urea groups is 1. The fourth-order valence-corrected chi connectivity index (χ4v) is 7.21. The van der Waals surface area contributed by atoms with E-state index < -0.39 is 45.3 Å². The number of nitrogens with two attached hydrogens (primary N) is 1. The van der Waals surface area contributed by atoms with Gasteiger partial charge in [0.15, 0.2) is 0 Å². The number of β-amino-alcohol motifs (C(OH)–C–C–N with tert-alkyl or cyclic N) is 1. The van der Waals surface area contributed by atoms with Crippen LogP contribution in [0.5, 0.6) is 11.6 Å². The molecular formula is C32H38F2N6O6S. The normalized spacial score (nSPS) is 16.4. The molecule has 2 saturated heterocycles. The van der Waals surface area contributed by atoms with Gasteiger partial charge in [-0.3, -0.25) is 9.69 Å². The van der Waals surface area contributed by atoms with Gasteiger partial charge in [-0.05, 0) is 62.1 Å². The van der Waals surface area contributed by atoms with Gasteiger partial charge < -0.3 is 25.8 Å². The Morgan fingerprint density at radius 2 is 1.77 bits per heavy atom. The van der Waals surface area contributed by atoms with Crippen molar-refractivity contribution in [3.8, 4) is 11.6 Å². The highest BCUT2D eigenvalue weighted by Gasteiger charge is 2.35. The number of primary amides is 1. The van der Waals surface area contributed by atoms with Crippen LogP contribution in [-0.2, 0) is 16.6 Å². The van der Waals surface area contributed by atoms with Gasteiger partial charge in [0.05, 0.1) is 22.3 Å². The molecule has 5 rings (SSSR count). The summed E-state index contributed by atoms with van der Waals surface area (Å²) >= 11 is 0. The Hall–Kier alpha value is -4.18. The zero-order valence-electron chi connectivity index (χ0n) is 26.2. The number of rotatable bonds is 11. The number of ether oxygens (including phenoxy) is 1. The lowest BCUT2D eigenvalue weighted by Gasteiger charge is -2.38. The average molecular weight is 673 g/mol. The molecule has 0 spiro atoms. The lowest BCUT2D eigenvalue weighted by atomic mass is 10.0. The van der Waals surface area contributed by atoms with E-state index in [-0.39, 0.29) is 29.7 Å². The van der Waals surface area contributed by atoms with Crippen LogP contribution in [0.1, 0.15) is 47.8 Å². The Bertz CT molecular complexity index is 1730. The standard InChI is InChI=1S/C32H38F2N6O6S/c1-3-12-40(32(43)37-29-15-26(31(35)42)27(33)16-28(29)34)22-10-13-38(14-11-22)17-21-4-9-30(36-20(21)2)46-24-5-7-25(8-6-24)47(44,45)39-18-23(41)19-39/h4-9,15-16,22-23,41H,3,10-14,17-19H2,1-2H3,(H2,35,42)(H,37,43).